The number of rotatable bonds is 4. The minimum Gasteiger partial charge on any atom is -0.485 e. The number of hydrogen-bond acceptors (Lipinski definition) is 4. The molecule has 146 valence electrons. The largest absolute Gasteiger partial charge is 0.485 e. The number of thiazole rings is 1. The highest BCUT2D eigenvalue weighted by Gasteiger charge is 2.27. The van der Waals surface area contributed by atoms with Crippen molar-refractivity contribution in [2.75, 3.05) is 6.61 Å². The minimum absolute atomic E-state index is 0.176. The number of carbonyl (C=O) groups is 1. The number of fused-ring (bicyclic) bond motifs is 2. The van der Waals surface area contributed by atoms with E-state index in [9.17, 15) is 4.79 Å². The van der Waals surface area contributed by atoms with Gasteiger partial charge in [0.05, 0.1) is 10.2 Å². The molecule has 0 N–H and O–H groups in total. The average Bonchev–Trinajstić information content (AvgIpc) is 3.04. The normalized spacial score (nSPS) is 16.7. The molecular formula is C22H24N2O3S. The van der Waals surface area contributed by atoms with Crippen LogP contribution in [0.15, 0.2) is 47.5 Å². The Hall–Kier alpha value is -2.60. The number of nitrogens with zero attached hydrogens (tertiary/aromatic N) is 2. The van der Waals surface area contributed by atoms with E-state index in [0.29, 0.717) is 22.2 Å². The summed E-state index contributed by atoms with van der Waals surface area (Å²) in [4.78, 5) is 17.9. The highest BCUT2D eigenvalue weighted by Crippen LogP contribution is 2.31. The third-order valence-electron chi connectivity index (χ3n) is 4.81. The molecule has 0 aliphatic carbocycles. The highest BCUT2D eigenvalue weighted by molar-refractivity contribution is 7.16. The number of aromatic nitrogens is 1. The van der Waals surface area contributed by atoms with Crippen molar-refractivity contribution in [1.82, 2.24) is 4.57 Å². The van der Waals surface area contributed by atoms with Gasteiger partial charge in [0.2, 0.25) is 6.10 Å². The predicted octanol–water partition coefficient (Wildman–Crippen LogP) is 4.50. The van der Waals surface area contributed by atoms with E-state index in [2.05, 4.69) is 48.5 Å². The van der Waals surface area contributed by atoms with Gasteiger partial charge in [-0.15, -0.1) is 0 Å². The maximum atomic E-state index is 12.8. The van der Waals surface area contributed by atoms with Crippen molar-refractivity contribution < 1.29 is 14.3 Å². The smallest absolute Gasteiger partial charge is 0.292 e. The van der Waals surface area contributed by atoms with Crippen molar-refractivity contribution >= 4 is 27.5 Å². The Morgan fingerprint density at radius 2 is 2.04 bits per heavy atom. The van der Waals surface area contributed by atoms with Crippen molar-refractivity contribution in [3.8, 4) is 11.5 Å². The number of amides is 1. The first-order valence-electron chi connectivity index (χ1n) is 9.67. The van der Waals surface area contributed by atoms with Crippen LogP contribution in [-0.4, -0.2) is 23.2 Å². The molecule has 1 aliphatic heterocycles. The van der Waals surface area contributed by atoms with Gasteiger partial charge in [-0.25, -0.2) is 0 Å². The molecule has 28 heavy (non-hydrogen) atoms. The van der Waals surface area contributed by atoms with Gasteiger partial charge in [0.15, 0.2) is 16.3 Å². The maximum Gasteiger partial charge on any atom is 0.292 e. The average molecular weight is 397 g/mol. The molecule has 1 amide bonds. The van der Waals surface area contributed by atoms with Gasteiger partial charge in [0.25, 0.3) is 5.91 Å². The molecule has 1 atom stereocenters. The Balaban J connectivity index is 1.70. The van der Waals surface area contributed by atoms with Crippen molar-refractivity contribution in [2.24, 2.45) is 4.99 Å². The predicted molar refractivity (Wildman–Crippen MR) is 111 cm³/mol. The van der Waals surface area contributed by atoms with Gasteiger partial charge in [0, 0.05) is 6.54 Å². The van der Waals surface area contributed by atoms with E-state index in [1.54, 1.807) is 17.4 Å². The summed E-state index contributed by atoms with van der Waals surface area (Å²) in [5.74, 6) is 1.40. The van der Waals surface area contributed by atoms with Gasteiger partial charge in [-0.1, -0.05) is 50.3 Å². The molecule has 0 spiro atoms. The maximum absolute atomic E-state index is 12.8. The molecule has 4 rings (SSSR count). The summed E-state index contributed by atoms with van der Waals surface area (Å²) in [6.07, 6.45) is 0.247. The molecule has 0 fully saturated rings. The van der Waals surface area contributed by atoms with Gasteiger partial charge >= 0.3 is 0 Å². The number of para-hydroxylation sites is 2. The fourth-order valence-corrected chi connectivity index (χ4v) is 4.39. The van der Waals surface area contributed by atoms with Gasteiger partial charge in [-0.3, -0.25) is 4.79 Å². The lowest BCUT2D eigenvalue weighted by atomic mass is 10.0. The Labute approximate surface area is 168 Å². The van der Waals surface area contributed by atoms with E-state index in [-0.39, 0.29) is 12.5 Å². The summed E-state index contributed by atoms with van der Waals surface area (Å²) in [6.45, 7) is 7.48. The van der Waals surface area contributed by atoms with Crippen molar-refractivity contribution in [3.63, 3.8) is 0 Å². The van der Waals surface area contributed by atoms with Crippen LogP contribution in [-0.2, 0) is 11.3 Å². The van der Waals surface area contributed by atoms with E-state index in [1.807, 2.05) is 18.2 Å². The Morgan fingerprint density at radius 3 is 2.79 bits per heavy atom. The fraction of sp³-hybridized carbons (Fsp3) is 0.364. The summed E-state index contributed by atoms with van der Waals surface area (Å²) in [5, 5.41) is 0. The molecule has 0 bridgehead atoms. The fourth-order valence-electron chi connectivity index (χ4n) is 3.28. The Morgan fingerprint density at radius 1 is 1.25 bits per heavy atom. The quantitative estimate of drug-likeness (QED) is 0.652. The van der Waals surface area contributed by atoms with Crippen LogP contribution in [0.3, 0.4) is 0 Å². The lowest BCUT2D eigenvalue weighted by Crippen LogP contribution is -2.36. The second kappa shape index (κ2) is 7.80. The number of ether oxygens (including phenoxy) is 2. The Kier molecular flexibility index (Phi) is 5.22. The topological polar surface area (TPSA) is 52.8 Å². The summed E-state index contributed by atoms with van der Waals surface area (Å²) < 4.78 is 14.8. The van der Waals surface area contributed by atoms with Crippen molar-refractivity contribution in [1.29, 1.82) is 0 Å². The lowest BCUT2D eigenvalue weighted by molar-refractivity contribution is -0.127. The molecule has 0 radical (unpaired) electrons. The standard InChI is InChI=1S/C22H24N2O3S/c1-4-11-24-16-10-9-15(14(2)3)12-20(16)28-22(24)23-21(25)19-13-26-17-7-5-6-8-18(17)27-19/h5-10,12,14,19H,4,11,13H2,1-3H3. The van der Waals surface area contributed by atoms with Gasteiger partial charge in [-0.05, 0) is 42.2 Å². The molecule has 2 heterocycles. The molecule has 2 aromatic carbocycles. The van der Waals surface area contributed by atoms with Crippen LogP contribution in [0.5, 0.6) is 11.5 Å². The molecule has 0 saturated heterocycles. The van der Waals surface area contributed by atoms with Crippen LogP contribution in [0, 0.1) is 0 Å². The highest BCUT2D eigenvalue weighted by atomic mass is 32.1. The third kappa shape index (κ3) is 3.56. The van der Waals surface area contributed by atoms with Gasteiger partial charge in [-0.2, -0.15) is 4.99 Å². The zero-order valence-electron chi connectivity index (χ0n) is 16.3. The van der Waals surface area contributed by atoms with E-state index in [1.165, 1.54) is 5.56 Å². The van der Waals surface area contributed by atoms with E-state index < -0.39 is 6.10 Å². The van der Waals surface area contributed by atoms with Crippen LogP contribution in [0.4, 0.5) is 0 Å². The molecule has 3 aromatic rings. The monoisotopic (exact) mass is 396 g/mol. The second-order valence-electron chi connectivity index (χ2n) is 7.23. The summed E-state index contributed by atoms with van der Waals surface area (Å²) in [5.41, 5.74) is 2.41. The second-order valence-corrected chi connectivity index (χ2v) is 8.24. The molecule has 5 nitrogen and oxygen atoms in total. The molecule has 1 aliphatic rings. The number of benzene rings is 2. The first-order chi connectivity index (χ1) is 13.6. The van der Waals surface area contributed by atoms with Crippen LogP contribution >= 0.6 is 11.3 Å². The minimum atomic E-state index is -0.721. The van der Waals surface area contributed by atoms with Crippen LogP contribution in [0.1, 0.15) is 38.7 Å². The van der Waals surface area contributed by atoms with Crippen molar-refractivity contribution in [2.45, 2.75) is 45.8 Å². The molecule has 1 aromatic heterocycles. The third-order valence-corrected chi connectivity index (χ3v) is 5.85. The van der Waals surface area contributed by atoms with Crippen LogP contribution in [0.2, 0.25) is 0 Å². The van der Waals surface area contributed by atoms with Gasteiger partial charge in [0.1, 0.15) is 6.61 Å². The van der Waals surface area contributed by atoms with Crippen LogP contribution < -0.4 is 14.3 Å². The molecule has 6 heteroatoms. The first-order valence-corrected chi connectivity index (χ1v) is 10.5. The molecule has 0 saturated carbocycles. The number of hydrogen-bond donors (Lipinski definition) is 0. The Bertz CT molecular complexity index is 1080. The summed E-state index contributed by atoms with van der Waals surface area (Å²) in [6, 6.07) is 13.9. The van der Waals surface area contributed by atoms with Crippen LogP contribution in [0.25, 0.3) is 10.2 Å². The number of aryl methyl sites for hydroxylation is 1. The van der Waals surface area contributed by atoms with Crippen molar-refractivity contribution in [3.05, 3.63) is 52.8 Å². The summed E-state index contributed by atoms with van der Waals surface area (Å²) >= 11 is 1.55. The van der Waals surface area contributed by atoms with Gasteiger partial charge < -0.3 is 14.0 Å². The zero-order chi connectivity index (χ0) is 19.7. The number of carbonyl (C=O) groups excluding carboxylic acids is 1. The van der Waals surface area contributed by atoms with E-state index in [4.69, 9.17) is 9.47 Å². The molecular weight excluding hydrogens is 372 g/mol. The lowest BCUT2D eigenvalue weighted by Gasteiger charge is -2.23. The zero-order valence-corrected chi connectivity index (χ0v) is 17.2. The van der Waals surface area contributed by atoms with E-state index in [0.717, 1.165) is 23.2 Å². The van der Waals surface area contributed by atoms with E-state index >= 15 is 0 Å². The molecule has 1 unspecified atom stereocenters. The SMILES string of the molecule is CCCn1c(=NC(=O)C2COc3ccccc3O2)sc2cc(C(C)C)ccc21. The first kappa shape index (κ1) is 18.7. The summed E-state index contributed by atoms with van der Waals surface area (Å²) in [7, 11) is 0.